The lowest BCUT2D eigenvalue weighted by atomic mass is 10.1. The van der Waals surface area contributed by atoms with Crippen LogP contribution in [-0.4, -0.2) is 13.2 Å². The van der Waals surface area contributed by atoms with Gasteiger partial charge in [-0.1, -0.05) is 38.8 Å². The van der Waals surface area contributed by atoms with Crippen molar-refractivity contribution in [1.29, 1.82) is 0 Å². The number of methoxy groups -OCH3 is 1. The molecule has 0 aliphatic heterocycles. The molecule has 0 amide bonds. The van der Waals surface area contributed by atoms with Crippen LogP contribution in [0.2, 0.25) is 0 Å². The zero-order valence-corrected chi connectivity index (χ0v) is 14.0. The fourth-order valence-corrected chi connectivity index (χ4v) is 2.31. The molecule has 0 aliphatic carbocycles. The van der Waals surface area contributed by atoms with Crippen molar-refractivity contribution in [3.05, 3.63) is 41.7 Å². The van der Waals surface area contributed by atoms with Crippen LogP contribution >= 0.6 is 0 Å². The highest BCUT2D eigenvalue weighted by Crippen LogP contribution is 2.16. The Kier molecular flexibility index (Phi) is 8.65. The summed E-state index contributed by atoms with van der Waals surface area (Å²) in [6.45, 7) is 6.56. The van der Waals surface area contributed by atoms with Gasteiger partial charge in [0.1, 0.15) is 5.75 Å². The number of unbranched alkanes of at least 4 members (excludes halogenated alkanes) is 2. The number of hydrogen-bond donors (Lipinski definition) is 0. The lowest BCUT2D eigenvalue weighted by Gasteiger charge is -2.15. The zero-order chi connectivity index (χ0) is 15.5. The van der Waals surface area contributed by atoms with E-state index in [1.807, 2.05) is 18.4 Å². The van der Waals surface area contributed by atoms with Gasteiger partial charge >= 0.3 is 0 Å². The molecule has 2 nitrogen and oxygen atoms in total. The summed E-state index contributed by atoms with van der Waals surface area (Å²) in [7, 11) is 1.69. The van der Waals surface area contributed by atoms with Crippen molar-refractivity contribution in [2.45, 2.75) is 65.4 Å². The van der Waals surface area contributed by atoms with Gasteiger partial charge in [0.05, 0.1) is 19.5 Å². The Morgan fingerprint density at radius 2 is 1.86 bits per heavy atom. The van der Waals surface area contributed by atoms with Gasteiger partial charge in [0.25, 0.3) is 0 Å². The summed E-state index contributed by atoms with van der Waals surface area (Å²) in [5.74, 6) is 0.901. The zero-order valence-electron chi connectivity index (χ0n) is 14.0. The van der Waals surface area contributed by atoms with Crippen molar-refractivity contribution in [2.24, 2.45) is 0 Å². The van der Waals surface area contributed by atoms with Crippen molar-refractivity contribution in [2.75, 3.05) is 7.11 Å². The fourth-order valence-electron chi connectivity index (χ4n) is 2.31. The third kappa shape index (κ3) is 7.22. The van der Waals surface area contributed by atoms with Crippen molar-refractivity contribution < 1.29 is 9.47 Å². The smallest absolute Gasteiger partial charge is 0.118 e. The third-order valence-corrected chi connectivity index (χ3v) is 3.69. The molecule has 0 fully saturated rings. The molecule has 2 heteroatoms. The molecule has 0 heterocycles. The molecule has 0 radical (unpaired) electrons. The minimum Gasteiger partial charge on any atom is -0.498 e. The molecular formula is C19H30O2. The van der Waals surface area contributed by atoms with E-state index in [-0.39, 0.29) is 0 Å². The van der Waals surface area contributed by atoms with Gasteiger partial charge in [0, 0.05) is 0 Å². The van der Waals surface area contributed by atoms with Crippen LogP contribution < -0.4 is 4.74 Å². The first kappa shape index (κ1) is 17.6. The Morgan fingerprint density at radius 3 is 2.43 bits per heavy atom. The van der Waals surface area contributed by atoms with Crippen LogP contribution in [0.1, 0.15) is 58.4 Å². The molecule has 1 aromatic rings. The Morgan fingerprint density at radius 1 is 1.14 bits per heavy atom. The van der Waals surface area contributed by atoms with Crippen LogP contribution in [0.5, 0.6) is 5.75 Å². The first-order valence-electron chi connectivity index (χ1n) is 8.13. The molecule has 0 saturated heterocycles. The van der Waals surface area contributed by atoms with Crippen LogP contribution in [0.4, 0.5) is 0 Å². The molecule has 0 spiro atoms. The number of benzene rings is 1. The lowest BCUT2D eigenvalue weighted by molar-refractivity contribution is 0.126. The first-order valence-corrected chi connectivity index (χ1v) is 8.13. The average molecular weight is 290 g/mol. The molecule has 0 aromatic heterocycles. The van der Waals surface area contributed by atoms with Crippen LogP contribution in [0.3, 0.4) is 0 Å². The van der Waals surface area contributed by atoms with Gasteiger partial charge in [-0.3, -0.25) is 0 Å². The summed E-state index contributed by atoms with van der Waals surface area (Å²) in [6.07, 6.45) is 9.31. The first-order chi connectivity index (χ1) is 10.2. The van der Waals surface area contributed by atoms with E-state index < -0.39 is 0 Å². The van der Waals surface area contributed by atoms with E-state index >= 15 is 0 Å². The lowest BCUT2D eigenvalue weighted by Crippen LogP contribution is -2.08. The van der Waals surface area contributed by atoms with Crippen molar-refractivity contribution in [1.82, 2.24) is 0 Å². The van der Waals surface area contributed by atoms with Crippen molar-refractivity contribution >= 4 is 0 Å². The summed E-state index contributed by atoms with van der Waals surface area (Å²) in [6, 6.07) is 8.22. The molecule has 118 valence electrons. The molecule has 0 N–H and O–H groups in total. The summed E-state index contributed by atoms with van der Waals surface area (Å²) in [5.41, 5.74) is 2.54. The van der Waals surface area contributed by atoms with Crippen LogP contribution in [0.15, 0.2) is 36.1 Å². The van der Waals surface area contributed by atoms with Crippen LogP contribution in [0, 0.1) is 0 Å². The second-order valence-corrected chi connectivity index (χ2v) is 5.65. The highest BCUT2D eigenvalue weighted by Gasteiger charge is 2.05. The van der Waals surface area contributed by atoms with Crippen molar-refractivity contribution in [3.8, 4) is 5.75 Å². The SMILES string of the molecule is CCCCCC(CC)O/C=C(\C)Cc1ccc(OC)cc1. The fraction of sp³-hybridized carbons (Fsp3) is 0.579. The standard InChI is InChI=1S/C19H30O2/c1-5-7-8-9-18(6-2)21-15-16(3)14-17-10-12-19(20-4)13-11-17/h10-13,15,18H,5-9,14H2,1-4H3/b16-15+. The van der Waals surface area contributed by atoms with Gasteiger partial charge in [-0.25, -0.2) is 0 Å². The molecule has 1 aromatic carbocycles. The number of ether oxygens (including phenoxy) is 2. The molecule has 0 saturated carbocycles. The molecular weight excluding hydrogens is 260 g/mol. The normalized spacial score (nSPS) is 13.0. The number of allylic oxidation sites excluding steroid dienone is 1. The second kappa shape index (κ2) is 10.3. The number of hydrogen-bond acceptors (Lipinski definition) is 2. The van der Waals surface area contributed by atoms with E-state index in [4.69, 9.17) is 9.47 Å². The monoisotopic (exact) mass is 290 g/mol. The maximum absolute atomic E-state index is 5.93. The average Bonchev–Trinajstić information content (AvgIpc) is 2.51. The Bertz CT molecular complexity index is 406. The number of rotatable bonds is 10. The second-order valence-electron chi connectivity index (χ2n) is 5.65. The summed E-state index contributed by atoms with van der Waals surface area (Å²) >= 11 is 0. The molecule has 0 bridgehead atoms. The van der Waals surface area contributed by atoms with E-state index in [0.717, 1.165) is 25.0 Å². The molecule has 1 rings (SSSR count). The topological polar surface area (TPSA) is 18.5 Å². The van der Waals surface area contributed by atoms with Gasteiger partial charge in [-0.15, -0.1) is 0 Å². The van der Waals surface area contributed by atoms with E-state index in [2.05, 4.69) is 32.9 Å². The third-order valence-electron chi connectivity index (χ3n) is 3.69. The van der Waals surface area contributed by atoms with E-state index in [1.165, 1.54) is 30.4 Å². The van der Waals surface area contributed by atoms with E-state index in [9.17, 15) is 0 Å². The van der Waals surface area contributed by atoms with Crippen LogP contribution in [-0.2, 0) is 11.2 Å². The van der Waals surface area contributed by atoms with Gasteiger partial charge in [0.2, 0.25) is 0 Å². The van der Waals surface area contributed by atoms with Gasteiger partial charge in [-0.2, -0.15) is 0 Å². The molecule has 21 heavy (non-hydrogen) atoms. The quantitative estimate of drug-likeness (QED) is 0.417. The predicted octanol–water partition coefficient (Wildman–Crippen LogP) is 5.52. The summed E-state index contributed by atoms with van der Waals surface area (Å²) < 4.78 is 11.1. The highest BCUT2D eigenvalue weighted by atomic mass is 16.5. The summed E-state index contributed by atoms with van der Waals surface area (Å²) in [5, 5.41) is 0. The summed E-state index contributed by atoms with van der Waals surface area (Å²) in [4.78, 5) is 0. The maximum atomic E-state index is 5.93. The Hall–Kier alpha value is -1.44. The predicted molar refractivity (Wildman–Crippen MR) is 89.8 cm³/mol. The van der Waals surface area contributed by atoms with E-state index in [1.54, 1.807) is 7.11 Å². The Labute approximate surface area is 130 Å². The van der Waals surface area contributed by atoms with Gasteiger partial charge < -0.3 is 9.47 Å². The molecule has 1 unspecified atom stereocenters. The van der Waals surface area contributed by atoms with Crippen LogP contribution in [0.25, 0.3) is 0 Å². The minimum atomic E-state index is 0.363. The maximum Gasteiger partial charge on any atom is 0.118 e. The molecule has 1 atom stereocenters. The van der Waals surface area contributed by atoms with Gasteiger partial charge in [-0.05, 0) is 55.9 Å². The minimum absolute atomic E-state index is 0.363. The van der Waals surface area contributed by atoms with Gasteiger partial charge in [0.15, 0.2) is 0 Å². The van der Waals surface area contributed by atoms with Crippen molar-refractivity contribution in [3.63, 3.8) is 0 Å². The van der Waals surface area contributed by atoms with E-state index in [0.29, 0.717) is 6.10 Å². The Balaban J connectivity index is 2.43. The molecule has 0 aliphatic rings. The largest absolute Gasteiger partial charge is 0.498 e. The highest BCUT2D eigenvalue weighted by molar-refractivity contribution is 5.29.